The predicted octanol–water partition coefficient (Wildman–Crippen LogP) is 1.97. The molecule has 0 bridgehead atoms. The van der Waals surface area contributed by atoms with Gasteiger partial charge in [0, 0.05) is 5.69 Å². The molecule has 0 unspecified atom stereocenters. The van der Waals surface area contributed by atoms with Crippen LogP contribution in [-0.2, 0) is 14.8 Å². The van der Waals surface area contributed by atoms with Crippen LogP contribution in [0.3, 0.4) is 0 Å². The number of sulfonamides is 1. The third-order valence-corrected chi connectivity index (χ3v) is 4.47. The van der Waals surface area contributed by atoms with Crippen LogP contribution in [0.2, 0.25) is 0 Å². The average molecular weight is 359 g/mol. The van der Waals surface area contributed by atoms with Crippen molar-refractivity contribution in [2.24, 2.45) is 0 Å². The minimum atomic E-state index is -3.70. The number of rotatable bonds is 6. The first-order valence-corrected chi connectivity index (χ1v) is 9.10. The quantitative estimate of drug-likeness (QED) is 0.850. The van der Waals surface area contributed by atoms with Crippen LogP contribution in [0.25, 0.3) is 0 Å². The number of nitrogens with one attached hydrogen (secondary N) is 1. The zero-order chi connectivity index (χ0) is 18.4. The Kier molecular flexibility index (Phi) is 5.62. The van der Waals surface area contributed by atoms with Crippen molar-refractivity contribution in [3.8, 4) is 11.8 Å². The molecule has 2 aromatic carbocycles. The third-order valence-electron chi connectivity index (χ3n) is 3.32. The first-order chi connectivity index (χ1) is 11.8. The topological polar surface area (TPSA) is 99.5 Å². The van der Waals surface area contributed by atoms with Crippen molar-refractivity contribution in [2.75, 3.05) is 29.5 Å². The minimum absolute atomic E-state index is 0.256. The lowest BCUT2D eigenvalue weighted by atomic mass is 10.2. The highest BCUT2D eigenvalue weighted by molar-refractivity contribution is 7.92. The molecular formula is C17H17N3O4S. The molecule has 130 valence electrons. The molecule has 25 heavy (non-hydrogen) atoms. The smallest absolute Gasteiger partial charge is 0.245 e. The van der Waals surface area contributed by atoms with Gasteiger partial charge in [0.1, 0.15) is 12.3 Å². The summed E-state index contributed by atoms with van der Waals surface area (Å²) in [6, 6.07) is 14.7. The van der Waals surface area contributed by atoms with E-state index in [0.29, 0.717) is 17.0 Å². The van der Waals surface area contributed by atoms with Gasteiger partial charge in [-0.25, -0.2) is 8.42 Å². The molecule has 2 aromatic rings. The van der Waals surface area contributed by atoms with E-state index in [-0.39, 0.29) is 5.69 Å². The molecule has 7 nitrogen and oxygen atoms in total. The number of nitriles is 1. The fourth-order valence-electron chi connectivity index (χ4n) is 2.14. The van der Waals surface area contributed by atoms with E-state index >= 15 is 0 Å². The van der Waals surface area contributed by atoms with Gasteiger partial charge in [0.15, 0.2) is 0 Å². The molecule has 0 heterocycles. The summed E-state index contributed by atoms with van der Waals surface area (Å²) in [4.78, 5) is 12.2. The molecule has 0 aliphatic rings. The minimum Gasteiger partial charge on any atom is -0.497 e. The highest BCUT2D eigenvalue weighted by Crippen LogP contribution is 2.19. The van der Waals surface area contributed by atoms with Gasteiger partial charge in [0.2, 0.25) is 15.9 Å². The van der Waals surface area contributed by atoms with Gasteiger partial charge in [-0.1, -0.05) is 6.07 Å². The monoisotopic (exact) mass is 359 g/mol. The fourth-order valence-corrected chi connectivity index (χ4v) is 2.98. The van der Waals surface area contributed by atoms with Crippen molar-refractivity contribution < 1.29 is 17.9 Å². The molecule has 1 N–H and O–H groups in total. The second kappa shape index (κ2) is 7.68. The Bertz CT molecular complexity index is 902. The summed E-state index contributed by atoms with van der Waals surface area (Å²) in [5, 5.41) is 11.6. The highest BCUT2D eigenvalue weighted by atomic mass is 32.2. The van der Waals surface area contributed by atoms with Crippen molar-refractivity contribution in [2.45, 2.75) is 0 Å². The Labute approximate surface area is 146 Å². The van der Waals surface area contributed by atoms with E-state index in [9.17, 15) is 13.2 Å². The van der Waals surface area contributed by atoms with Crippen molar-refractivity contribution in [1.29, 1.82) is 5.26 Å². The van der Waals surface area contributed by atoms with E-state index in [4.69, 9.17) is 10.00 Å². The number of ether oxygens (including phenoxy) is 1. The van der Waals surface area contributed by atoms with Crippen LogP contribution in [0.5, 0.6) is 5.75 Å². The van der Waals surface area contributed by atoms with Crippen molar-refractivity contribution in [3.05, 3.63) is 54.1 Å². The molecule has 1 amide bonds. The molecule has 2 rings (SSSR count). The second-order valence-electron chi connectivity index (χ2n) is 5.21. The molecule has 0 spiro atoms. The molecule has 8 heteroatoms. The van der Waals surface area contributed by atoms with Crippen molar-refractivity contribution in [3.63, 3.8) is 0 Å². The van der Waals surface area contributed by atoms with Crippen LogP contribution in [0.15, 0.2) is 48.5 Å². The second-order valence-corrected chi connectivity index (χ2v) is 7.12. The van der Waals surface area contributed by atoms with Gasteiger partial charge in [-0.3, -0.25) is 9.10 Å². The third kappa shape index (κ3) is 4.96. The number of anilines is 2. The lowest BCUT2D eigenvalue weighted by Gasteiger charge is -2.22. The molecule has 0 radical (unpaired) electrons. The Morgan fingerprint density at radius 3 is 2.48 bits per heavy atom. The molecule has 0 saturated carbocycles. The average Bonchev–Trinajstić information content (AvgIpc) is 2.59. The Hall–Kier alpha value is -3.05. The first-order valence-electron chi connectivity index (χ1n) is 7.25. The molecule has 0 atom stereocenters. The number of carbonyl (C=O) groups excluding carboxylic acids is 1. The maximum absolute atomic E-state index is 12.2. The van der Waals surface area contributed by atoms with E-state index in [1.54, 1.807) is 36.4 Å². The lowest BCUT2D eigenvalue weighted by Crippen LogP contribution is -2.37. The van der Waals surface area contributed by atoms with Gasteiger partial charge in [0.05, 0.1) is 30.7 Å². The van der Waals surface area contributed by atoms with Gasteiger partial charge in [-0.2, -0.15) is 5.26 Å². The number of hydrogen-bond donors (Lipinski definition) is 1. The Morgan fingerprint density at radius 2 is 1.92 bits per heavy atom. The Balaban J connectivity index is 2.19. The van der Waals surface area contributed by atoms with Crippen LogP contribution in [0.1, 0.15) is 5.56 Å². The van der Waals surface area contributed by atoms with E-state index < -0.39 is 22.5 Å². The summed E-state index contributed by atoms with van der Waals surface area (Å²) in [6.07, 6.45) is 1.01. The first kappa shape index (κ1) is 18.3. The van der Waals surface area contributed by atoms with Crippen LogP contribution < -0.4 is 14.4 Å². The molecule has 0 saturated heterocycles. The summed E-state index contributed by atoms with van der Waals surface area (Å²) in [5.74, 6) is 0.141. The van der Waals surface area contributed by atoms with E-state index in [2.05, 4.69) is 5.32 Å². The number of benzene rings is 2. The summed E-state index contributed by atoms with van der Waals surface area (Å²) < 4.78 is 30.1. The van der Waals surface area contributed by atoms with Gasteiger partial charge in [0.25, 0.3) is 0 Å². The van der Waals surface area contributed by atoms with Gasteiger partial charge >= 0.3 is 0 Å². The zero-order valence-corrected chi connectivity index (χ0v) is 14.6. The molecule has 0 aliphatic heterocycles. The highest BCUT2D eigenvalue weighted by Gasteiger charge is 2.21. The largest absolute Gasteiger partial charge is 0.497 e. The van der Waals surface area contributed by atoms with Crippen LogP contribution in [0.4, 0.5) is 11.4 Å². The summed E-state index contributed by atoms with van der Waals surface area (Å²) in [5.41, 5.74) is 1.08. The number of nitrogens with zero attached hydrogens (tertiary/aromatic N) is 2. The van der Waals surface area contributed by atoms with Crippen molar-refractivity contribution in [1.82, 2.24) is 0 Å². The van der Waals surface area contributed by atoms with E-state index in [1.165, 1.54) is 19.2 Å². The van der Waals surface area contributed by atoms with Crippen LogP contribution in [-0.4, -0.2) is 34.2 Å². The number of hydrogen-bond acceptors (Lipinski definition) is 5. The molecular weight excluding hydrogens is 342 g/mol. The van der Waals surface area contributed by atoms with Gasteiger partial charge in [-0.05, 0) is 42.5 Å². The van der Waals surface area contributed by atoms with E-state index in [1.807, 2.05) is 6.07 Å². The van der Waals surface area contributed by atoms with Crippen LogP contribution in [0, 0.1) is 11.3 Å². The number of carbonyl (C=O) groups is 1. The number of methoxy groups -OCH3 is 1. The molecule has 0 aromatic heterocycles. The maximum atomic E-state index is 12.2. The van der Waals surface area contributed by atoms with Gasteiger partial charge in [-0.15, -0.1) is 0 Å². The van der Waals surface area contributed by atoms with Gasteiger partial charge < -0.3 is 10.1 Å². The summed E-state index contributed by atoms with van der Waals surface area (Å²) in [7, 11) is -2.16. The summed E-state index contributed by atoms with van der Waals surface area (Å²) >= 11 is 0. The number of amides is 1. The lowest BCUT2D eigenvalue weighted by molar-refractivity contribution is -0.114. The fraction of sp³-hybridized carbons (Fsp3) is 0.176. The SMILES string of the molecule is COc1ccc(NC(=O)CN(c2cccc(C#N)c2)S(C)(=O)=O)cc1. The van der Waals surface area contributed by atoms with Crippen LogP contribution >= 0.6 is 0 Å². The van der Waals surface area contributed by atoms with E-state index in [0.717, 1.165) is 10.6 Å². The Morgan fingerprint density at radius 1 is 1.24 bits per heavy atom. The normalized spacial score (nSPS) is 10.6. The zero-order valence-electron chi connectivity index (χ0n) is 13.8. The maximum Gasteiger partial charge on any atom is 0.245 e. The molecule has 0 fully saturated rings. The summed E-state index contributed by atoms with van der Waals surface area (Å²) in [6.45, 7) is -0.403. The molecule has 0 aliphatic carbocycles. The van der Waals surface area contributed by atoms with Crippen molar-refractivity contribution >= 4 is 27.3 Å². The predicted molar refractivity (Wildman–Crippen MR) is 95.0 cm³/mol. The standard InChI is InChI=1S/C17H17N3O4S/c1-24-16-8-6-14(7-9-16)19-17(21)12-20(25(2,22)23)15-5-3-4-13(10-15)11-18/h3-10H,12H2,1-2H3,(H,19,21).